The van der Waals surface area contributed by atoms with Crippen molar-refractivity contribution in [3.05, 3.63) is 29.8 Å². The molecule has 1 rings (SSSR count). The average molecular weight is 179 g/mol. The van der Waals surface area contributed by atoms with Gasteiger partial charge in [-0.25, -0.2) is 13.6 Å². The average Bonchev–Trinajstić information content (AvgIpc) is 1.86. The molecule has 0 bridgehead atoms. The minimum atomic E-state index is -3.52. The Morgan fingerprint density at radius 3 is 1.92 bits per heavy atom. The second kappa shape index (κ2) is 4.10. The molecular formula is C7H10LiNO2S. The van der Waals surface area contributed by atoms with Gasteiger partial charge in [0.2, 0.25) is 10.0 Å². The second-order valence-electron chi connectivity index (χ2n) is 2.36. The molecule has 1 aromatic carbocycles. The van der Waals surface area contributed by atoms with Gasteiger partial charge in [-0.1, -0.05) is 17.7 Å². The molecule has 0 spiro atoms. The number of nitrogens with two attached hydrogens (primary N) is 1. The van der Waals surface area contributed by atoms with E-state index in [1.807, 2.05) is 6.92 Å². The third-order valence-electron chi connectivity index (χ3n) is 1.35. The van der Waals surface area contributed by atoms with E-state index in [2.05, 4.69) is 0 Å². The third-order valence-corrected chi connectivity index (χ3v) is 2.28. The molecule has 0 aliphatic heterocycles. The Hall–Kier alpha value is -0.273. The van der Waals surface area contributed by atoms with Gasteiger partial charge in [0.15, 0.2) is 0 Å². The maximum absolute atomic E-state index is 10.7. The zero-order valence-electron chi connectivity index (χ0n) is 6.11. The van der Waals surface area contributed by atoms with E-state index in [4.69, 9.17) is 5.14 Å². The van der Waals surface area contributed by atoms with Gasteiger partial charge in [-0.15, -0.1) is 0 Å². The molecule has 12 heavy (non-hydrogen) atoms. The number of rotatable bonds is 1. The van der Waals surface area contributed by atoms with Gasteiger partial charge in [-0.05, 0) is 19.1 Å². The van der Waals surface area contributed by atoms with Gasteiger partial charge >= 0.3 is 18.9 Å². The van der Waals surface area contributed by atoms with E-state index in [9.17, 15) is 8.42 Å². The van der Waals surface area contributed by atoms with Crippen molar-refractivity contribution in [3.63, 3.8) is 0 Å². The van der Waals surface area contributed by atoms with Crippen molar-refractivity contribution < 1.29 is 8.42 Å². The van der Waals surface area contributed by atoms with Crippen LogP contribution in [0.5, 0.6) is 0 Å². The molecule has 0 saturated carbocycles. The number of hydrogen-bond donors (Lipinski definition) is 1. The summed E-state index contributed by atoms with van der Waals surface area (Å²) in [5, 5.41) is 4.88. The fraction of sp³-hybridized carbons (Fsp3) is 0.143. The fourth-order valence-corrected chi connectivity index (χ4v) is 1.24. The Bertz CT molecular complexity index is 344. The minimum absolute atomic E-state index is 0. The van der Waals surface area contributed by atoms with Crippen molar-refractivity contribution in [1.29, 1.82) is 0 Å². The SMILES string of the molecule is Cc1ccc(S(N)(=O)=O)cc1.[LiH]. The van der Waals surface area contributed by atoms with Gasteiger partial charge in [-0.2, -0.15) is 0 Å². The van der Waals surface area contributed by atoms with Gasteiger partial charge in [0, 0.05) is 0 Å². The zero-order chi connectivity index (χ0) is 8.48. The zero-order valence-corrected chi connectivity index (χ0v) is 6.93. The molecule has 62 valence electrons. The van der Waals surface area contributed by atoms with Gasteiger partial charge in [-0.3, -0.25) is 0 Å². The molecule has 0 unspecified atom stereocenters. The molecule has 0 heterocycles. The summed E-state index contributed by atoms with van der Waals surface area (Å²) < 4.78 is 21.4. The molecule has 3 nitrogen and oxygen atoms in total. The van der Waals surface area contributed by atoms with Crippen LogP contribution in [0.4, 0.5) is 0 Å². The molecule has 0 atom stereocenters. The first-order chi connectivity index (χ1) is 5.00. The second-order valence-corrected chi connectivity index (χ2v) is 3.92. The Balaban J connectivity index is 0.00000121. The molecule has 0 aliphatic carbocycles. The first kappa shape index (κ1) is 11.7. The number of primary sulfonamides is 1. The number of sulfonamides is 1. The van der Waals surface area contributed by atoms with E-state index in [1.165, 1.54) is 12.1 Å². The summed E-state index contributed by atoms with van der Waals surface area (Å²) in [6.07, 6.45) is 0. The van der Waals surface area contributed by atoms with Crippen LogP contribution in [0.3, 0.4) is 0 Å². The summed E-state index contributed by atoms with van der Waals surface area (Å²) in [5.41, 5.74) is 1.01. The number of benzene rings is 1. The Morgan fingerprint density at radius 2 is 1.58 bits per heavy atom. The molecule has 0 aliphatic rings. The molecule has 0 aromatic heterocycles. The van der Waals surface area contributed by atoms with E-state index >= 15 is 0 Å². The van der Waals surface area contributed by atoms with Crippen LogP contribution in [0.25, 0.3) is 0 Å². The first-order valence-corrected chi connectivity index (χ1v) is 4.64. The van der Waals surface area contributed by atoms with E-state index in [0.717, 1.165) is 5.56 Å². The normalized spacial score (nSPS) is 10.5. The Kier molecular flexibility index (Phi) is 4.01. The van der Waals surface area contributed by atoms with E-state index < -0.39 is 10.0 Å². The van der Waals surface area contributed by atoms with Crippen molar-refractivity contribution >= 4 is 28.9 Å². The molecule has 0 saturated heterocycles. The van der Waals surface area contributed by atoms with Gasteiger partial charge in [0.05, 0.1) is 4.90 Å². The molecule has 5 heteroatoms. The quantitative estimate of drug-likeness (QED) is 0.616. The summed E-state index contributed by atoms with van der Waals surface area (Å²) in [7, 11) is -3.52. The standard InChI is InChI=1S/C7H9NO2S.Li.H/c1-6-2-4-7(5-3-6)11(8,9)10;;/h2-5H,1H3,(H2,8,9,10);;. The predicted molar refractivity (Wildman–Crippen MR) is 49.7 cm³/mol. The topological polar surface area (TPSA) is 60.2 Å². The van der Waals surface area contributed by atoms with Crippen LogP contribution in [-0.2, 0) is 10.0 Å². The Morgan fingerprint density at radius 1 is 1.17 bits per heavy atom. The van der Waals surface area contributed by atoms with Crippen molar-refractivity contribution in [1.82, 2.24) is 0 Å². The first-order valence-electron chi connectivity index (χ1n) is 3.09. The summed E-state index contributed by atoms with van der Waals surface area (Å²) in [6, 6.07) is 6.40. The van der Waals surface area contributed by atoms with Crippen LogP contribution in [0.2, 0.25) is 0 Å². The van der Waals surface area contributed by atoms with E-state index in [-0.39, 0.29) is 23.8 Å². The molecular weight excluding hydrogens is 169 g/mol. The summed E-state index contributed by atoms with van der Waals surface area (Å²) >= 11 is 0. The fourth-order valence-electron chi connectivity index (χ4n) is 0.728. The molecule has 0 fully saturated rings. The molecule has 1 aromatic rings. The Labute approximate surface area is 84.2 Å². The number of hydrogen-bond acceptors (Lipinski definition) is 2. The van der Waals surface area contributed by atoms with Crippen LogP contribution in [0.15, 0.2) is 29.2 Å². The van der Waals surface area contributed by atoms with Crippen molar-refractivity contribution in [2.45, 2.75) is 11.8 Å². The van der Waals surface area contributed by atoms with Gasteiger partial charge in [0.1, 0.15) is 0 Å². The van der Waals surface area contributed by atoms with Crippen molar-refractivity contribution in [2.75, 3.05) is 0 Å². The van der Waals surface area contributed by atoms with Gasteiger partial charge < -0.3 is 0 Å². The number of aryl methyl sites for hydroxylation is 1. The molecule has 0 radical (unpaired) electrons. The van der Waals surface area contributed by atoms with Gasteiger partial charge in [0.25, 0.3) is 0 Å². The van der Waals surface area contributed by atoms with E-state index in [0.29, 0.717) is 0 Å². The van der Waals surface area contributed by atoms with Crippen molar-refractivity contribution in [2.24, 2.45) is 5.14 Å². The van der Waals surface area contributed by atoms with Crippen LogP contribution < -0.4 is 5.14 Å². The summed E-state index contributed by atoms with van der Waals surface area (Å²) in [5.74, 6) is 0. The maximum atomic E-state index is 10.7. The van der Waals surface area contributed by atoms with Crippen LogP contribution in [-0.4, -0.2) is 27.3 Å². The van der Waals surface area contributed by atoms with Crippen LogP contribution in [0.1, 0.15) is 5.56 Å². The van der Waals surface area contributed by atoms with E-state index in [1.54, 1.807) is 12.1 Å². The summed E-state index contributed by atoms with van der Waals surface area (Å²) in [4.78, 5) is 0.156. The summed E-state index contributed by atoms with van der Waals surface area (Å²) in [6.45, 7) is 1.88. The van der Waals surface area contributed by atoms with Crippen LogP contribution >= 0.6 is 0 Å². The predicted octanol–water partition coefficient (Wildman–Crippen LogP) is -0.00608. The van der Waals surface area contributed by atoms with Crippen LogP contribution in [0, 0.1) is 6.92 Å². The molecule has 0 amide bonds. The third kappa shape index (κ3) is 3.00. The van der Waals surface area contributed by atoms with Crippen molar-refractivity contribution in [3.8, 4) is 0 Å². The monoisotopic (exact) mass is 179 g/mol. The molecule has 2 N–H and O–H groups in total.